The van der Waals surface area contributed by atoms with E-state index in [0.29, 0.717) is 6.42 Å². The zero-order valence-corrected chi connectivity index (χ0v) is 15.1. The standard InChI is InChI=1S/C20H40O2.Sr.2H/c1-2-3-4-5-6-7-8-9-10-11-12-13-14-15-16-17-18-19-20(21)22;;;/h2-19H2,1H3,(H,21,22);;;. The van der Waals surface area contributed by atoms with Gasteiger partial charge in [-0.25, -0.2) is 0 Å². The molecular formula is C20H42O2Sr. The first-order valence-corrected chi connectivity index (χ1v) is 9.99. The average Bonchev–Trinajstić information content (AvgIpc) is 2.50. The van der Waals surface area contributed by atoms with Gasteiger partial charge in [-0.15, -0.1) is 0 Å². The first kappa shape index (κ1) is 26.2. The molecule has 0 aromatic heterocycles. The topological polar surface area (TPSA) is 37.3 Å². The number of carboxylic acid groups (broad SMARTS) is 1. The minimum absolute atomic E-state index is 0. The maximum atomic E-state index is 10.4. The van der Waals surface area contributed by atoms with Crippen LogP contribution in [0.15, 0.2) is 0 Å². The van der Waals surface area contributed by atoms with Crippen molar-refractivity contribution in [1.29, 1.82) is 0 Å². The van der Waals surface area contributed by atoms with Gasteiger partial charge in [-0.1, -0.05) is 110 Å². The average molecular weight is 402 g/mol. The zero-order valence-electron chi connectivity index (χ0n) is 15.1. The summed E-state index contributed by atoms with van der Waals surface area (Å²) in [5.41, 5.74) is 0. The maximum absolute atomic E-state index is 10.4. The van der Waals surface area contributed by atoms with Gasteiger partial charge in [0.05, 0.1) is 0 Å². The van der Waals surface area contributed by atoms with Crippen LogP contribution in [-0.2, 0) is 4.79 Å². The van der Waals surface area contributed by atoms with Crippen molar-refractivity contribution in [2.24, 2.45) is 0 Å². The third-order valence-electron chi connectivity index (χ3n) is 4.49. The molecule has 0 saturated heterocycles. The molecule has 0 radical (unpaired) electrons. The summed E-state index contributed by atoms with van der Waals surface area (Å²) >= 11 is 0. The van der Waals surface area contributed by atoms with Crippen LogP contribution in [0.2, 0.25) is 0 Å². The van der Waals surface area contributed by atoms with Gasteiger partial charge in [-0.2, -0.15) is 0 Å². The summed E-state index contributed by atoms with van der Waals surface area (Å²) < 4.78 is 0. The Balaban J connectivity index is 0. The van der Waals surface area contributed by atoms with E-state index in [4.69, 9.17) is 5.11 Å². The van der Waals surface area contributed by atoms with Crippen molar-refractivity contribution in [2.45, 2.75) is 122 Å². The second-order valence-corrected chi connectivity index (χ2v) is 6.80. The Morgan fingerprint density at radius 3 is 1.09 bits per heavy atom. The van der Waals surface area contributed by atoms with E-state index in [9.17, 15) is 4.79 Å². The summed E-state index contributed by atoms with van der Waals surface area (Å²) in [5.74, 6) is -0.652. The Morgan fingerprint density at radius 1 is 0.565 bits per heavy atom. The van der Waals surface area contributed by atoms with Crippen LogP contribution in [0.1, 0.15) is 122 Å². The van der Waals surface area contributed by atoms with E-state index < -0.39 is 5.97 Å². The Labute approximate surface area is 182 Å². The molecule has 136 valence electrons. The minimum atomic E-state index is -0.652. The number of carboxylic acids is 1. The molecule has 0 bridgehead atoms. The van der Waals surface area contributed by atoms with Gasteiger partial charge in [0.2, 0.25) is 0 Å². The molecule has 0 fully saturated rings. The molecule has 0 aliphatic carbocycles. The summed E-state index contributed by atoms with van der Waals surface area (Å²) in [4.78, 5) is 10.4. The molecule has 0 aromatic rings. The number of unbranched alkanes of at least 4 members (excludes halogenated alkanes) is 16. The fourth-order valence-corrected chi connectivity index (χ4v) is 3.00. The van der Waals surface area contributed by atoms with Gasteiger partial charge in [0.15, 0.2) is 0 Å². The monoisotopic (exact) mass is 402 g/mol. The fourth-order valence-electron chi connectivity index (χ4n) is 3.00. The predicted octanol–water partition coefficient (Wildman–Crippen LogP) is 6.20. The van der Waals surface area contributed by atoms with Crippen molar-refractivity contribution < 1.29 is 9.90 Å². The fraction of sp³-hybridized carbons (Fsp3) is 0.950. The van der Waals surface area contributed by atoms with Crippen LogP contribution in [0.5, 0.6) is 0 Å². The molecule has 3 heteroatoms. The molecule has 0 spiro atoms. The quantitative estimate of drug-likeness (QED) is 0.219. The second-order valence-electron chi connectivity index (χ2n) is 6.80. The molecule has 0 atom stereocenters. The Morgan fingerprint density at radius 2 is 0.826 bits per heavy atom. The van der Waals surface area contributed by atoms with E-state index in [-0.39, 0.29) is 45.5 Å². The Hall–Kier alpha value is 0.951. The SMILES string of the molecule is CCCCCCCCCCCCCCCCCCCC(=O)O.[SrH2]. The van der Waals surface area contributed by atoms with Crippen molar-refractivity contribution >= 4 is 51.5 Å². The molecule has 0 saturated carbocycles. The number of aliphatic carboxylic acids is 1. The van der Waals surface area contributed by atoms with Gasteiger partial charge in [0.1, 0.15) is 0 Å². The molecule has 0 aromatic carbocycles. The van der Waals surface area contributed by atoms with Crippen molar-refractivity contribution in [3.8, 4) is 0 Å². The van der Waals surface area contributed by atoms with Crippen molar-refractivity contribution in [2.75, 3.05) is 0 Å². The molecule has 0 heterocycles. The molecular weight excluding hydrogens is 360 g/mol. The zero-order chi connectivity index (χ0) is 16.3. The molecule has 23 heavy (non-hydrogen) atoms. The van der Waals surface area contributed by atoms with Gasteiger partial charge in [0, 0.05) is 6.42 Å². The van der Waals surface area contributed by atoms with Crippen LogP contribution in [0, 0.1) is 0 Å². The van der Waals surface area contributed by atoms with E-state index in [1.807, 2.05) is 0 Å². The third kappa shape index (κ3) is 25.3. The number of hydrogen-bond acceptors (Lipinski definition) is 1. The molecule has 0 aliphatic rings. The van der Waals surface area contributed by atoms with Crippen LogP contribution >= 0.6 is 0 Å². The normalized spacial score (nSPS) is 10.5. The van der Waals surface area contributed by atoms with Gasteiger partial charge in [0.25, 0.3) is 0 Å². The molecule has 2 nitrogen and oxygen atoms in total. The van der Waals surface area contributed by atoms with E-state index >= 15 is 0 Å². The molecule has 0 amide bonds. The molecule has 0 aliphatic heterocycles. The number of rotatable bonds is 18. The number of carbonyl (C=O) groups is 1. The third-order valence-corrected chi connectivity index (χ3v) is 4.49. The summed E-state index contributed by atoms with van der Waals surface area (Å²) in [7, 11) is 0. The Bertz CT molecular complexity index is 232. The summed E-state index contributed by atoms with van der Waals surface area (Å²) in [6, 6.07) is 0. The van der Waals surface area contributed by atoms with E-state index in [1.165, 1.54) is 96.3 Å². The molecule has 0 rings (SSSR count). The molecule has 1 N–H and O–H groups in total. The van der Waals surface area contributed by atoms with E-state index in [0.717, 1.165) is 12.8 Å². The summed E-state index contributed by atoms with van der Waals surface area (Å²) in [5, 5.41) is 8.54. The van der Waals surface area contributed by atoms with Crippen LogP contribution in [0.25, 0.3) is 0 Å². The number of hydrogen-bond donors (Lipinski definition) is 1. The van der Waals surface area contributed by atoms with Crippen molar-refractivity contribution in [3.63, 3.8) is 0 Å². The van der Waals surface area contributed by atoms with Crippen molar-refractivity contribution in [1.82, 2.24) is 0 Å². The van der Waals surface area contributed by atoms with Crippen LogP contribution in [0.4, 0.5) is 0 Å². The van der Waals surface area contributed by atoms with E-state index in [1.54, 1.807) is 0 Å². The van der Waals surface area contributed by atoms with Crippen LogP contribution in [-0.4, -0.2) is 56.6 Å². The van der Waals surface area contributed by atoms with E-state index in [2.05, 4.69) is 6.92 Å². The van der Waals surface area contributed by atoms with Gasteiger partial charge in [-0.05, 0) is 6.42 Å². The second kappa shape index (κ2) is 23.0. The van der Waals surface area contributed by atoms with Gasteiger partial charge in [-0.3, -0.25) is 4.79 Å². The first-order chi connectivity index (χ1) is 10.8. The first-order valence-electron chi connectivity index (χ1n) is 9.99. The van der Waals surface area contributed by atoms with Gasteiger partial charge >= 0.3 is 51.5 Å². The van der Waals surface area contributed by atoms with Crippen molar-refractivity contribution in [3.05, 3.63) is 0 Å². The van der Waals surface area contributed by atoms with Gasteiger partial charge < -0.3 is 5.11 Å². The molecule has 0 unspecified atom stereocenters. The van der Waals surface area contributed by atoms with Crippen LogP contribution < -0.4 is 0 Å². The summed E-state index contributed by atoms with van der Waals surface area (Å²) in [6.07, 6.45) is 23.1. The summed E-state index contributed by atoms with van der Waals surface area (Å²) in [6.45, 7) is 2.28. The Kier molecular flexibility index (Phi) is 26.1. The predicted molar refractivity (Wildman–Crippen MR) is 105 cm³/mol. The van der Waals surface area contributed by atoms with Crippen LogP contribution in [0.3, 0.4) is 0 Å².